The number of hydrogen-bond donors (Lipinski definition) is 1. The summed E-state index contributed by atoms with van der Waals surface area (Å²) in [7, 11) is 0. The van der Waals surface area contributed by atoms with Crippen molar-refractivity contribution in [3.05, 3.63) is 28.6 Å². The van der Waals surface area contributed by atoms with E-state index in [0.717, 1.165) is 23.7 Å². The van der Waals surface area contributed by atoms with Crippen LogP contribution in [-0.2, 0) is 11.8 Å². The fourth-order valence-electron chi connectivity index (χ4n) is 10.1. The van der Waals surface area contributed by atoms with Gasteiger partial charge in [0.25, 0.3) is 0 Å². The summed E-state index contributed by atoms with van der Waals surface area (Å²) in [4.78, 5) is 0. The van der Waals surface area contributed by atoms with E-state index in [4.69, 9.17) is 0 Å². The van der Waals surface area contributed by atoms with Gasteiger partial charge in [-0.25, -0.2) is 0 Å². The van der Waals surface area contributed by atoms with Gasteiger partial charge in [-0.15, -0.1) is 0 Å². The van der Waals surface area contributed by atoms with Gasteiger partial charge in [0.2, 0.25) is 0 Å². The Kier molecular flexibility index (Phi) is 5.54. The standard InChI is InChI=1S/C31H50N2/c1-20(2)10-9-11-21(3)23-14-16-31(8)25-12-13-26-28(4,5)27-22(19-32-33-27)18-29(26,6)24(25)15-17-30(23,31)7/h19-21,23,26H,9-18H2,1-8H3,(H,32,33). The van der Waals surface area contributed by atoms with Crippen LogP contribution in [0.25, 0.3) is 0 Å². The van der Waals surface area contributed by atoms with Crippen molar-refractivity contribution in [3.8, 4) is 0 Å². The van der Waals surface area contributed by atoms with Gasteiger partial charge in [0.1, 0.15) is 0 Å². The molecule has 0 bridgehead atoms. The molecular formula is C31H50N2. The van der Waals surface area contributed by atoms with Crippen molar-refractivity contribution in [2.45, 2.75) is 125 Å². The number of aromatic nitrogens is 2. The lowest BCUT2D eigenvalue weighted by Crippen LogP contribution is -2.53. The maximum absolute atomic E-state index is 4.49. The highest BCUT2D eigenvalue weighted by Crippen LogP contribution is 2.72. The minimum absolute atomic E-state index is 0.183. The fourth-order valence-corrected chi connectivity index (χ4v) is 10.1. The molecule has 184 valence electrons. The molecule has 1 heterocycles. The lowest BCUT2D eigenvalue weighted by atomic mass is 9.43. The lowest BCUT2D eigenvalue weighted by molar-refractivity contribution is 0.0136. The van der Waals surface area contributed by atoms with Crippen LogP contribution in [0.15, 0.2) is 17.3 Å². The Labute approximate surface area is 203 Å². The van der Waals surface area contributed by atoms with Crippen LogP contribution in [0.3, 0.4) is 0 Å². The number of nitrogens with one attached hydrogen (secondary N) is 1. The van der Waals surface area contributed by atoms with Crippen LogP contribution in [0.5, 0.6) is 0 Å². The molecule has 33 heavy (non-hydrogen) atoms. The van der Waals surface area contributed by atoms with Crippen molar-refractivity contribution in [3.63, 3.8) is 0 Å². The van der Waals surface area contributed by atoms with Crippen molar-refractivity contribution in [2.24, 2.45) is 39.9 Å². The van der Waals surface area contributed by atoms with E-state index in [9.17, 15) is 0 Å². The predicted molar refractivity (Wildman–Crippen MR) is 139 cm³/mol. The van der Waals surface area contributed by atoms with E-state index in [1.807, 2.05) is 11.1 Å². The van der Waals surface area contributed by atoms with Crippen LogP contribution in [0.1, 0.15) is 124 Å². The second-order valence-corrected chi connectivity index (χ2v) is 14.3. The third-order valence-electron chi connectivity index (χ3n) is 12.0. The van der Waals surface area contributed by atoms with Gasteiger partial charge in [-0.05, 0) is 90.4 Å². The van der Waals surface area contributed by atoms with Gasteiger partial charge >= 0.3 is 0 Å². The van der Waals surface area contributed by atoms with E-state index in [1.54, 1.807) is 0 Å². The summed E-state index contributed by atoms with van der Waals surface area (Å²) in [6.45, 7) is 20.4. The Morgan fingerprint density at radius 2 is 1.73 bits per heavy atom. The number of H-pyrrole nitrogens is 1. The van der Waals surface area contributed by atoms with Gasteiger partial charge in [-0.1, -0.05) is 85.8 Å². The monoisotopic (exact) mass is 450 g/mol. The van der Waals surface area contributed by atoms with Gasteiger partial charge in [0.15, 0.2) is 0 Å². The van der Waals surface area contributed by atoms with Crippen molar-refractivity contribution in [2.75, 3.05) is 0 Å². The van der Waals surface area contributed by atoms with E-state index < -0.39 is 0 Å². The SMILES string of the molecule is CC(C)CCCC(C)C1CCC2(C)C3=C(CCC12C)C1(C)Cc2cn[nH]c2C(C)(C)C1CC3. The first-order chi connectivity index (χ1) is 15.4. The van der Waals surface area contributed by atoms with Gasteiger partial charge in [0, 0.05) is 11.1 Å². The Balaban J connectivity index is 1.48. The Morgan fingerprint density at radius 3 is 2.45 bits per heavy atom. The highest BCUT2D eigenvalue weighted by Gasteiger charge is 2.63. The molecule has 1 fully saturated rings. The summed E-state index contributed by atoms with van der Waals surface area (Å²) in [6.07, 6.45) is 15.9. The summed E-state index contributed by atoms with van der Waals surface area (Å²) < 4.78 is 0. The van der Waals surface area contributed by atoms with Gasteiger partial charge in [-0.2, -0.15) is 5.10 Å². The van der Waals surface area contributed by atoms with Crippen molar-refractivity contribution >= 4 is 0 Å². The highest BCUT2D eigenvalue weighted by molar-refractivity contribution is 5.44. The topological polar surface area (TPSA) is 28.7 Å². The molecule has 1 aromatic heterocycles. The minimum Gasteiger partial charge on any atom is -0.282 e. The third kappa shape index (κ3) is 3.21. The zero-order chi connectivity index (χ0) is 23.8. The number of fused-ring (bicyclic) bond motifs is 5. The normalized spacial score (nSPS) is 40.3. The average Bonchev–Trinajstić information content (AvgIpc) is 3.30. The Bertz CT molecular complexity index is 934. The molecule has 0 aromatic carbocycles. The second kappa shape index (κ2) is 7.72. The molecule has 6 atom stereocenters. The summed E-state index contributed by atoms with van der Waals surface area (Å²) in [6, 6.07) is 0. The lowest BCUT2D eigenvalue weighted by Gasteiger charge is -2.61. The van der Waals surface area contributed by atoms with Crippen LogP contribution in [-0.4, -0.2) is 10.2 Å². The number of allylic oxidation sites excluding steroid dienone is 2. The van der Waals surface area contributed by atoms with Gasteiger partial charge in [-0.3, -0.25) is 5.10 Å². The molecule has 2 heteroatoms. The molecule has 0 saturated heterocycles. The maximum Gasteiger partial charge on any atom is 0.0522 e. The van der Waals surface area contributed by atoms with E-state index in [2.05, 4.69) is 71.8 Å². The molecule has 4 aliphatic rings. The van der Waals surface area contributed by atoms with E-state index in [0.29, 0.717) is 16.2 Å². The maximum atomic E-state index is 4.49. The molecule has 2 nitrogen and oxygen atoms in total. The average molecular weight is 451 g/mol. The van der Waals surface area contributed by atoms with Crippen LogP contribution in [0.4, 0.5) is 0 Å². The number of hydrogen-bond acceptors (Lipinski definition) is 1. The fraction of sp³-hybridized carbons (Fsp3) is 0.839. The summed E-state index contributed by atoms with van der Waals surface area (Å²) in [5.41, 5.74) is 8.07. The molecular weight excluding hydrogens is 400 g/mol. The van der Waals surface area contributed by atoms with E-state index in [-0.39, 0.29) is 5.41 Å². The van der Waals surface area contributed by atoms with Crippen LogP contribution >= 0.6 is 0 Å². The molecule has 0 amide bonds. The first kappa shape index (κ1) is 23.7. The number of rotatable bonds is 5. The van der Waals surface area contributed by atoms with Crippen molar-refractivity contribution in [1.29, 1.82) is 0 Å². The molecule has 0 aliphatic heterocycles. The second-order valence-electron chi connectivity index (χ2n) is 14.3. The number of nitrogens with zero attached hydrogens (tertiary/aromatic N) is 1. The van der Waals surface area contributed by atoms with Gasteiger partial charge < -0.3 is 0 Å². The highest BCUT2D eigenvalue weighted by atomic mass is 15.1. The molecule has 1 saturated carbocycles. The first-order valence-electron chi connectivity index (χ1n) is 14.2. The molecule has 0 radical (unpaired) electrons. The van der Waals surface area contributed by atoms with Crippen molar-refractivity contribution < 1.29 is 0 Å². The van der Waals surface area contributed by atoms with Crippen LogP contribution in [0.2, 0.25) is 0 Å². The number of aromatic amines is 1. The Hall–Kier alpha value is -1.05. The molecule has 6 unspecified atom stereocenters. The Morgan fingerprint density at radius 1 is 0.970 bits per heavy atom. The minimum atomic E-state index is 0.183. The van der Waals surface area contributed by atoms with E-state index in [1.165, 1.54) is 75.5 Å². The summed E-state index contributed by atoms with van der Waals surface area (Å²) >= 11 is 0. The molecule has 4 aliphatic carbocycles. The quantitative estimate of drug-likeness (QED) is 0.447. The first-order valence-corrected chi connectivity index (χ1v) is 14.2. The molecule has 0 spiro atoms. The van der Waals surface area contributed by atoms with Crippen LogP contribution < -0.4 is 0 Å². The predicted octanol–water partition coefficient (Wildman–Crippen LogP) is 8.64. The van der Waals surface area contributed by atoms with E-state index >= 15 is 0 Å². The molecule has 5 rings (SSSR count). The molecule has 1 N–H and O–H groups in total. The third-order valence-corrected chi connectivity index (χ3v) is 12.0. The zero-order valence-electron chi connectivity index (χ0n) is 22.9. The van der Waals surface area contributed by atoms with Gasteiger partial charge in [0.05, 0.1) is 6.20 Å². The molecule has 1 aromatic rings. The zero-order valence-corrected chi connectivity index (χ0v) is 22.9. The largest absolute Gasteiger partial charge is 0.282 e. The summed E-state index contributed by atoms with van der Waals surface area (Å²) in [5.74, 6) is 3.33. The van der Waals surface area contributed by atoms with Crippen molar-refractivity contribution in [1.82, 2.24) is 10.2 Å². The summed E-state index contributed by atoms with van der Waals surface area (Å²) in [5, 5.41) is 7.89. The van der Waals surface area contributed by atoms with Crippen LogP contribution in [0, 0.1) is 39.9 Å². The smallest absolute Gasteiger partial charge is 0.0522 e.